The van der Waals surface area contributed by atoms with Crippen LogP contribution in [-0.2, 0) is 9.53 Å². The highest BCUT2D eigenvalue weighted by Crippen LogP contribution is 2.12. The Bertz CT molecular complexity index is 272. The highest BCUT2D eigenvalue weighted by Gasteiger charge is 2.17. The second-order valence-electron chi connectivity index (χ2n) is 2.66. The average Bonchev–Trinajstić information content (AvgIpc) is 2.20. The molecule has 0 aromatic heterocycles. The number of methoxy groups -OCH3 is 1. The van der Waals surface area contributed by atoms with Crippen LogP contribution in [0.15, 0.2) is 30.3 Å². The molecule has 0 aliphatic carbocycles. The Balaban J connectivity index is 2.85. The van der Waals surface area contributed by atoms with Crippen molar-refractivity contribution in [3.8, 4) is 0 Å². The van der Waals surface area contributed by atoms with Crippen molar-refractivity contribution in [1.29, 1.82) is 0 Å². The fraction of sp³-hybridized carbons (Fsp3) is 0.300. The predicted octanol–water partition coefficient (Wildman–Crippen LogP) is 1.12. The van der Waals surface area contributed by atoms with Crippen LogP contribution in [0, 0.1) is 0 Å². The first-order chi connectivity index (χ1) is 6.29. The summed E-state index contributed by atoms with van der Waals surface area (Å²) in [6, 6.07) is 9.10. The van der Waals surface area contributed by atoms with Gasteiger partial charge >= 0.3 is 5.97 Å². The van der Waals surface area contributed by atoms with Crippen LogP contribution in [0.5, 0.6) is 0 Å². The van der Waals surface area contributed by atoms with Gasteiger partial charge in [0.15, 0.2) is 0 Å². The number of nitrogens with one attached hydrogen (secondary N) is 1. The molecule has 1 atom stereocenters. The first-order valence-electron chi connectivity index (χ1n) is 4.09. The van der Waals surface area contributed by atoms with Gasteiger partial charge in [0.05, 0.1) is 7.11 Å². The van der Waals surface area contributed by atoms with Gasteiger partial charge in [-0.3, -0.25) is 0 Å². The third-order valence-electron chi connectivity index (χ3n) is 1.86. The van der Waals surface area contributed by atoms with E-state index < -0.39 is 0 Å². The van der Waals surface area contributed by atoms with Gasteiger partial charge in [-0.05, 0) is 12.6 Å². The lowest BCUT2D eigenvalue weighted by atomic mass is 10.1. The minimum atomic E-state index is -0.369. The standard InChI is InChI=1S/C10H13NO2/c1-11-9(10(12)13-2)8-6-4-3-5-7-8/h3-7,9,11H,1-2H3/t9-/m1/s1. The molecule has 70 valence electrons. The van der Waals surface area contributed by atoms with Crippen molar-refractivity contribution >= 4 is 5.97 Å². The fourth-order valence-electron chi connectivity index (χ4n) is 1.18. The molecule has 0 amide bonds. The number of likely N-dealkylation sites (N-methyl/N-ethyl adjacent to an activating group) is 1. The Labute approximate surface area is 77.7 Å². The number of hydrogen-bond acceptors (Lipinski definition) is 3. The molecular formula is C10H13NO2. The van der Waals surface area contributed by atoms with Crippen molar-refractivity contribution < 1.29 is 9.53 Å². The van der Waals surface area contributed by atoms with Gasteiger partial charge in [-0.2, -0.15) is 0 Å². The summed E-state index contributed by atoms with van der Waals surface area (Å²) in [6.07, 6.45) is 0. The number of esters is 1. The molecule has 1 N–H and O–H groups in total. The normalized spacial score (nSPS) is 12.2. The number of carbonyl (C=O) groups excluding carboxylic acids is 1. The Hall–Kier alpha value is -1.35. The molecule has 0 saturated carbocycles. The molecular weight excluding hydrogens is 166 g/mol. The van der Waals surface area contributed by atoms with E-state index in [-0.39, 0.29) is 12.0 Å². The molecule has 1 aromatic carbocycles. The van der Waals surface area contributed by atoms with Crippen LogP contribution in [-0.4, -0.2) is 20.1 Å². The van der Waals surface area contributed by atoms with Crippen LogP contribution in [0.4, 0.5) is 0 Å². The lowest BCUT2D eigenvalue weighted by molar-refractivity contribution is -0.143. The zero-order valence-electron chi connectivity index (χ0n) is 7.78. The van der Waals surface area contributed by atoms with Gasteiger partial charge in [-0.25, -0.2) is 4.79 Å². The van der Waals surface area contributed by atoms with Crippen LogP contribution < -0.4 is 5.32 Å². The molecule has 0 aliphatic rings. The molecule has 0 unspecified atom stereocenters. The SMILES string of the molecule is CN[C@@H](C(=O)OC)c1ccccc1. The quantitative estimate of drug-likeness (QED) is 0.707. The Kier molecular flexibility index (Phi) is 3.46. The summed E-state index contributed by atoms with van der Waals surface area (Å²) >= 11 is 0. The van der Waals surface area contributed by atoms with E-state index in [1.165, 1.54) is 7.11 Å². The van der Waals surface area contributed by atoms with Crippen LogP contribution in [0.2, 0.25) is 0 Å². The van der Waals surface area contributed by atoms with Gasteiger partial charge in [0, 0.05) is 0 Å². The summed E-state index contributed by atoms with van der Waals surface area (Å²) in [6.45, 7) is 0. The van der Waals surface area contributed by atoms with Crippen LogP contribution in [0.3, 0.4) is 0 Å². The Morgan fingerprint density at radius 1 is 1.38 bits per heavy atom. The summed E-state index contributed by atoms with van der Waals surface area (Å²) in [4.78, 5) is 11.3. The summed E-state index contributed by atoms with van der Waals surface area (Å²) < 4.78 is 4.66. The number of rotatable bonds is 3. The smallest absolute Gasteiger partial charge is 0.327 e. The van der Waals surface area contributed by atoms with Crippen molar-refractivity contribution in [2.75, 3.05) is 14.2 Å². The van der Waals surface area contributed by atoms with Crippen LogP contribution in [0.1, 0.15) is 11.6 Å². The van der Waals surface area contributed by atoms with E-state index in [0.717, 1.165) is 5.56 Å². The topological polar surface area (TPSA) is 38.3 Å². The molecule has 1 aromatic rings. The molecule has 0 bridgehead atoms. The summed E-state index contributed by atoms with van der Waals surface area (Å²) in [7, 11) is 3.12. The largest absolute Gasteiger partial charge is 0.468 e. The van der Waals surface area contributed by atoms with E-state index >= 15 is 0 Å². The molecule has 13 heavy (non-hydrogen) atoms. The van der Waals surface area contributed by atoms with E-state index in [1.807, 2.05) is 30.3 Å². The van der Waals surface area contributed by atoms with Crippen molar-refractivity contribution in [3.63, 3.8) is 0 Å². The molecule has 0 aliphatic heterocycles. The molecule has 3 heteroatoms. The number of benzene rings is 1. The maximum atomic E-state index is 11.3. The number of hydrogen-bond donors (Lipinski definition) is 1. The monoisotopic (exact) mass is 179 g/mol. The van der Waals surface area contributed by atoms with Crippen molar-refractivity contribution in [1.82, 2.24) is 5.32 Å². The molecule has 3 nitrogen and oxygen atoms in total. The number of ether oxygens (including phenoxy) is 1. The molecule has 0 spiro atoms. The van der Waals surface area contributed by atoms with Gasteiger partial charge in [-0.1, -0.05) is 30.3 Å². The zero-order chi connectivity index (χ0) is 9.68. The third-order valence-corrected chi connectivity index (χ3v) is 1.86. The molecule has 1 rings (SSSR count). The molecule has 0 saturated heterocycles. The Morgan fingerprint density at radius 3 is 2.46 bits per heavy atom. The van der Waals surface area contributed by atoms with Crippen molar-refractivity contribution in [2.45, 2.75) is 6.04 Å². The van der Waals surface area contributed by atoms with E-state index in [4.69, 9.17) is 0 Å². The maximum Gasteiger partial charge on any atom is 0.327 e. The van der Waals surface area contributed by atoms with E-state index in [0.29, 0.717) is 0 Å². The van der Waals surface area contributed by atoms with Gasteiger partial charge in [0.25, 0.3) is 0 Å². The van der Waals surface area contributed by atoms with Crippen LogP contribution >= 0.6 is 0 Å². The summed E-state index contributed by atoms with van der Waals surface area (Å²) in [5, 5.41) is 2.89. The molecule has 0 heterocycles. The second kappa shape index (κ2) is 4.62. The van der Waals surface area contributed by atoms with Gasteiger partial charge in [-0.15, -0.1) is 0 Å². The van der Waals surface area contributed by atoms with Gasteiger partial charge in [0.1, 0.15) is 6.04 Å². The highest BCUT2D eigenvalue weighted by molar-refractivity contribution is 5.77. The van der Waals surface area contributed by atoms with E-state index in [1.54, 1.807) is 7.05 Å². The third kappa shape index (κ3) is 2.29. The number of carbonyl (C=O) groups is 1. The average molecular weight is 179 g/mol. The lowest BCUT2D eigenvalue weighted by Gasteiger charge is -2.13. The minimum absolute atomic E-state index is 0.270. The molecule has 0 radical (unpaired) electrons. The van der Waals surface area contributed by atoms with Crippen molar-refractivity contribution in [2.24, 2.45) is 0 Å². The first-order valence-corrected chi connectivity index (χ1v) is 4.09. The predicted molar refractivity (Wildman–Crippen MR) is 50.3 cm³/mol. The zero-order valence-corrected chi connectivity index (χ0v) is 7.78. The fourth-order valence-corrected chi connectivity index (χ4v) is 1.18. The van der Waals surface area contributed by atoms with Gasteiger partial charge in [0.2, 0.25) is 0 Å². The summed E-state index contributed by atoms with van der Waals surface area (Å²) in [5.41, 5.74) is 0.914. The highest BCUT2D eigenvalue weighted by atomic mass is 16.5. The minimum Gasteiger partial charge on any atom is -0.468 e. The first kappa shape index (κ1) is 9.74. The summed E-state index contributed by atoms with van der Waals surface area (Å²) in [5.74, 6) is -0.270. The molecule has 0 fully saturated rings. The Morgan fingerprint density at radius 2 is 2.00 bits per heavy atom. The lowest BCUT2D eigenvalue weighted by Crippen LogP contribution is -2.26. The maximum absolute atomic E-state index is 11.3. The second-order valence-corrected chi connectivity index (χ2v) is 2.66. The van der Waals surface area contributed by atoms with Gasteiger partial charge < -0.3 is 10.1 Å². The van der Waals surface area contributed by atoms with E-state index in [2.05, 4.69) is 10.1 Å². The van der Waals surface area contributed by atoms with E-state index in [9.17, 15) is 4.79 Å². The van der Waals surface area contributed by atoms with Crippen LogP contribution in [0.25, 0.3) is 0 Å². The van der Waals surface area contributed by atoms with Crippen molar-refractivity contribution in [3.05, 3.63) is 35.9 Å².